The monoisotopic (exact) mass is 446 g/mol. The van der Waals surface area contributed by atoms with Crippen LogP contribution in [0.3, 0.4) is 0 Å². The molecule has 4 aromatic rings. The summed E-state index contributed by atoms with van der Waals surface area (Å²) in [4.78, 5) is 27.2. The van der Waals surface area contributed by atoms with Crippen LogP contribution in [0.2, 0.25) is 0 Å². The number of aryl methyl sites for hydroxylation is 1. The predicted molar refractivity (Wildman–Crippen MR) is 121 cm³/mol. The number of aromatic nitrogens is 5. The zero-order valence-electron chi connectivity index (χ0n) is 18.1. The molecular weight excluding hydrogens is 423 g/mol. The average Bonchev–Trinajstić information content (AvgIpc) is 3.47. The molecule has 1 aliphatic heterocycles. The van der Waals surface area contributed by atoms with E-state index in [4.69, 9.17) is 0 Å². The number of nitrogens with one attached hydrogen (secondary N) is 2. The van der Waals surface area contributed by atoms with Crippen molar-refractivity contribution in [3.8, 4) is 16.9 Å². The van der Waals surface area contributed by atoms with Crippen LogP contribution in [0.1, 0.15) is 40.6 Å². The molecule has 168 valence electrons. The SMILES string of the molecule is Cc1ccc(-n2c(C3CCN(C(=O)c4cc(-c5ccc(F)cc5)n[nH]4)CC3)n[nH]c2=O)cc1. The molecule has 0 atom stereocenters. The summed E-state index contributed by atoms with van der Waals surface area (Å²) in [5.41, 5.74) is 3.34. The number of hydrogen-bond acceptors (Lipinski definition) is 4. The van der Waals surface area contributed by atoms with Crippen molar-refractivity contribution in [2.45, 2.75) is 25.7 Å². The highest BCUT2D eigenvalue weighted by atomic mass is 19.1. The molecule has 0 spiro atoms. The van der Waals surface area contributed by atoms with Crippen molar-refractivity contribution in [3.63, 3.8) is 0 Å². The topological polar surface area (TPSA) is 99.7 Å². The standard InChI is InChI=1S/C24H23FN6O2/c1-15-2-8-19(9-3-15)31-22(28-29-24(31)33)17-10-12-30(13-11-17)23(32)21-14-20(26-27-21)16-4-6-18(25)7-5-16/h2-9,14,17H,10-13H2,1H3,(H,26,27)(H,29,33). The number of likely N-dealkylation sites (tertiary alicyclic amines) is 1. The molecule has 0 saturated carbocycles. The fourth-order valence-electron chi connectivity index (χ4n) is 4.24. The van der Waals surface area contributed by atoms with Crippen molar-refractivity contribution >= 4 is 5.91 Å². The maximum Gasteiger partial charge on any atom is 0.347 e. The van der Waals surface area contributed by atoms with Gasteiger partial charge in [-0.05, 0) is 62.2 Å². The Morgan fingerprint density at radius 1 is 1.00 bits per heavy atom. The molecule has 0 aliphatic carbocycles. The van der Waals surface area contributed by atoms with E-state index in [1.54, 1.807) is 27.7 Å². The van der Waals surface area contributed by atoms with Gasteiger partial charge >= 0.3 is 5.69 Å². The number of benzene rings is 2. The second-order valence-electron chi connectivity index (χ2n) is 8.30. The van der Waals surface area contributed by atoms with E-state index in [2.05, 4.69) is 20.4 Å². The van der Waals surface area contributed by atoms with E-state index >= 15 is 0 Å². The second-order valence-corrected chi connectivity index (χ2v) is 8.30. The first-order valence-electron chi connectivity index (χ1n) is 10.8. The van der Waals surface area contributed by atoms with E-state index in [-0.39, 0.29) is 23.3 Å². The van der Waals surface area contributed by atoms with Crippen LogP contribution < -0.4 is 5.69 Å². The van der Waals surface area contributed by atoms with E-state index in [1.807, 2.05) is 31.2 Å². The Balaban J connectivity index is 1.28. The molecule has 1 aliphatic rings. The summed E-state index contributed by atoms with van der Waals surface area (Å²) < 4.78 is 14.8. The fourth-order valence-corrected chi connectivity index (χ4v) is 4.24. The smallest absolute Gasteiger partial charge is 0.337 e. The van der Waals surface area contributed by atoms with E-state index in [0.29, 0.717) is 43.1 Å². The molecule has 1 saturated heterocycles. The highest BCUT2D eigenvalue weighted by Crippen LogP contribution is 2.28. The molecule has 0 bridgehead atoms. The van der Waals surface area contributed by atoms with Crippen molar-refractivity contribution in [1.29, 1.82) is 0 Å². The van der Waals surface area contributed by atoms with Gasteiger partial charge in [0, 0.05) is 24.6 Å². The zero-order valence-corrected chi connectivity index (χ0v) is 18.1. The van der Waals surface area contributed by atoms with Crippen LogP contribution in [-0.2, 0) is 0 Å². The van der Waals surface area contributed by atoms with Gasteiger partial charge in [0.2, 0.25) is 0 Å². The Hall–Kier alpha value is -4.01. The average molecular weight is 446 g/mol. The lowest BCUT2D eigenvalue weighted by Gasteiger charge is -2.31. The molecule has 1 fully saturated rings. The van der Waals surface area contributed by atoms with E-state index in [9.17, 15) is 14.0 Å². The minimum Gasteiger partial charge on any atom is -0.337 e. The largest absolute Gasteiger partial charge is 0.347 e. The Bertz CT molecular complexity index is 1330. The molecule has 2 aromatic carbocycles. The van der Waals surface area contributed by atoms with Crippen LogP contribution in [0.5, 0.6) is 0 Å². The summed E-state index contributed by atoms with van der Waals surface area (Å²) in [5, 5.41) is 13.9. The Morgan fingerprint density at radius 3 is 2.39 bits per heavy atom. The lowest BCUT2D eigenvalue weighted by molar-refractivity contribution is 0.0704. The molecule has 3 heterocycles. The first kappa shape index (κ1) is 20.9. The molecule has 2 N–H and O–H groups in total. The number of halogens is 1. The van der Waals surface area contributed by atoms with Gasteiger partial charge in [-0.1, -0.05) is 17.7 Å². The molecular formula is C24H23FN6O2. The number of H-pyrrole nitrogens is 2. The van der Waals surface area contributed by atoms with Crippen LogP contribution in [0.4, 0.5) is 4.39 Å². The number of carbonyl (C=O) groups is 1. The summed E-state index contributed by atoms with van der Waals surface area (Å²) in [6, 6.07) is 15.4. The summed E-state index contributed by atoms with van der Waals surface area (Å²) in [5.74, 6) is 0.298. The summed E-state index contributed by atoms with van der Waals surface area (Å²) >= 11 is 0. The number of rotatable bonds is 4. The van der Waals surface area contributed by atoms with E-state index in [1.165, 1.54) is 12.1 Å². The normalized spacial score (nSPS) is 14.5. The van der Waals surface area contributed by atoms with Crippen molar-refractivity contribution in [2.75, 3.05) is 13.1 Å². The summed E-state index contributed by atoms with van der Waals surface area (Å²) in [6.45, 7) is 3.09. The molecule has 33 heavy (non-hydrogen) atoms. The van der Waals surface area contributed by atoms with Gasteiger partial charge in [0.15, 0.2) is 0 Å². The van der Waals surface area contributed by atoms with Crippen LogP contribution in [-0.4, -0.2) is 48.9 Å². The van der Waals surface area contributed by atoms with Gasteiger partial charge in [0.05, 0.1) is 11.4 Å². The van der Waals surface area contributed by atoms with Gasteiger partial charge in [-0.25, -0.2) is 18.9 Å². The van der Waals surface area contributed by atoms with Crippen LogP contribution in [0.25, 0.3) is 16.9 Å². The summed E-state index contributed by atoms with van der Waals surface area (Å²) in [7, 11) is 0. The van der Waals surface area contributed by atoms with Gasteiger partial charge in [-0.15, -0.1) is 0 Å². The Morgan fingerprint density at radius 2 is 1.70 bits per heavy atom. The van der Waals surface area contributed by atoms with Gasteiger partial charge in [-0.3, -0.25) is 9.89 Å². The van der Waals surface area contributed by atoms with Gasteiger partial charge < -0.3 is 4.90 Å². The highest BCUT2D eigenvalue weighted by Gasteiger charge is 2.29. The molecule has 1 amide bonds. The van der Waals surface area contributed by atoms with Crippen LogP contribution >= 0.6 is 0 Å². The first-order chi connectivity index (χ1) is 16.0. The fraction of sp³-hybridized carbons (Fsp3) is 0.250. The number of carbonyl (C=O) groups excluding carboxylic acids is 1. The number of piperidine rings is 1. The van der Waals surface area contributed by atoms with Gasteiger partial charge in [-0.2, -0.15) is 10.2 Å². The number of nitrogens with zero attached hydrogens (tertiary/aromatic N) is 4. The zero-order chi connectivity index (χ0) is 22.9. The number of amides is 1. The maximum atomic E-state index is 13.2. The lowest BCUT2D eigenvalue weighted by atomic mass is 9.95. The quantitative estimate of drug-likeness (QED) is 0.502. The molecule has 9 heteroatoms. The van der Waals surface area contributed by atoms with Crippen molar-refractivity contribution in [3.05, 3.63) is 88.0 Å². The maximum absolute atomic E-state index is 13.2. The van der Waals surface area contributed by atoms with Crippen LogP contribution in [0, 0.1) is 12.7 Å². The van der Waals surface area contributed by atoms with Crippen molar-refractivity contribution in [2.24, 2.45) is 0 Å². The van der Waals surface area contributed by atoms with Crippen molar-refractivity contribution < 1.29 is 9.18 Å². The molecule has 2 aromatic heterocycles. The van der Waals surface area contributed by atoms with E-state index in [0.717, 1.165) is 16.8 Å². The predicted octanol–water partition coefficient (Wildman–Crippen LogP) is 3.42. The summed E-state index contributed by atoms with van der Waals surface area (Å²) in [6.07, 6.45) is 1.39. The molecule has 0 unspecified atom stereocenters. The number of aromatic amines is 2. The minimum absolute atomic E-state index is 0.0610. The minimum atomic E-state index is -0.321. The lowest BCUT2D eigenvalue weighted by Crippen LogP contribution is -2.38. The van der Waals surface area contributed by atoms with E-state index < -0.39 is 0 Å². The molecule has 5 rings (SSSR count). The third kappa shape index (κ3) is 4.09. The highest BCUT2D eigenvalue weighted by molar-refractivity contribution is 5.93. The van der Waals surface area contributed by atoms with Crippen LogP contribution in [0.15, 0.2) is 59.4 Å². The van der Waals surface area contributed by atoms with Gasteiger partial charge in [0.1, 0.15) is 17.3 Å². The third-order valence-electron chi connectivity index (χ3n) is 6.09. The van der Waals surface area contributed by atoms with Gasteiger partial charge in [0.25, 0.3) is 5.91 Å². The number of hydrogen-bond donors (Lipinski definition) is 2. The third-order valence-corrected chi connectivity index (χ3v) is 6.09. The Labute approximate surface area is 189 Å². The second kappa shape index (κ2) is 8.50. The Kier molecular flexibility index (Phi) is 5.37. The first-order valence-corrected chi connectivity index (χ1v) is 10.8. The molecule has 0 radical (unpaired) electrons. The molecule has 8 nitrogen and oxygen atoms in total. The van der Waals surface area contributed by atoms with Crippen molar-refractivity contribution in [1.82, 2.24) is 29.9 Å².